The van der Waals surface area contributed by atoms with E-state index in [1.165, 1.54) is 5.56 Å². The van der Waals surface area contributed by atoms with Gasteiger partial charge in [-0.3, -0.25) is 4.79 Å². The minimum absolute atomic E-state index is 0.0763. The lowest BCUT2D eigenvalue weighted by Gasteiger charge is -2.33. The highest BCUT2D eigenvalue weighted by Gasteiger charge is 2.21. The molecule has 0 aliphatic carbocycles. The summed E-state index contributed by atoms with van der Waals surface area (Å²) in [5.74, 6) is 1.63. The van der Waals surface area contributed by atoms with Gasteiger partial charge in [0.2, 0.25) is 5.91 Å². The van der Waals surface area contributed by atoms with Crippen LogP contribution in [0.1, 0.15) is 24.0 Å². The average molecular weight is 393 g/mol. The van der Waals surface area contributed by atoms with Gasteiger partial charge in [-0.25, -0.2) is 0 Å². The van der Waals surface area contributed by atoms with E-state index in [4.69, 9.17) is 4.74 Å². The number of rotatable bonds is 8. The van der Waals surface area contributed by atoms with Gasteiger partial charge in [-0.15, -0.1) is 0 Å². The fraction of sp³-hybridized carbons (Fsp3) is 0.400. The number of ether oxygens (including phenoxy) is 1. The van der Waals surface area contributed by atoms with E-state index in [-0.39, 0.29) is 5.91 Å². The van der Waals surface area contributed by atoms with Crippen LogP contribution in [0, 0.1) is 5.92 Å². The molecule has 0 unspecified atom stereocenters. The summed E-state index contributed by atoms with van der Waals surface area (Å²) in [6.45, 7) is 4.09. The first-order valence-electron chi connectivity index (χ1n) is 10.5. The van der Waals surface area contributed by atoms with Crippen LogP contribution < -0.4 is 4.74 Å². The summed E-state index contributed by atoms with van der Waals surface area (Å²) < 4.78 is 5.45. The third-order valence-corrected chi connectivity index (χ3v) is 5.72. The molecule has 0 atom stereocenters. The van der Waals surface area contributed by atoms with Crippen molar-refractivity contribution in [1.29, 1.82) is 0 Å². The molecule has 0 bridgehead atoms. The van der Waals surface area contributed by atoms with Crippen molar-refractivity contribution >= 4 is 12.0 Å². The Hall–Kier alpha value is -2.59. The van der Waals surface area contributed by atoms with Crippen LogP contribution in [0.15, 0.2) is 60.7 Å². The Kier molecular flexibility index (Phi) is 7.88. The number of nitrogens with zero attached hydrogens (tertiary/aromatic N) is 2. The van der Waals surface area contributed by atoms with Gasteiger partial charge in [0, 0.05) is 26.2 Å². The van der Waals surface area contributed by atoms with Gasteiger partial charge in [-0.2, -0.15) is 0 Å². The molecule has 1 aliphatic rings. The topological polar surface area (TPSA) is 32.8 Å². The van der Waals surface area contributed by atoms with Crippen molar-refractivity contribution in [1.82, 2.24) is 9.80 Å². The van der Waals surface area contributed by atoms with Gasteiger partial charge in [0.25, 0.3) is 0 Å². The van der Waals surface area contributed by atoms with Crippen LogP contribution in [0.2, 0.25) is 0 Å². The van der Waals surface area contributed by atoms with Crippen molar-refractivity contribution in [3.8, 4) is 5.75 Å². The van der Waals surface area contributed by atoms with E-state index in [9.17, 15) is 4.79 Å². The first-order valence-corrected chi connectivity index (χ1v) is 10.5. The number of amides is 1. The minimum atomic E-state index is 0.0763. The van der Waals surface area contributed by atoms with E-state index in [1.807, 2.05) is 60.5 Å². The van der Waals surface area contributed by atoms with Crippen molar-refractivity contribution in [2.75, 3.05) is 40.3 Å². The highest BCUT2D eigenvalue weighted by molar-refractivity contribution is 5.91. The Bertz CT molecular complexity index is 795. The summed E-state index contributed by atoms with van der Waals surface area (Å²) >= 11 is 0. The van der Waals surface area contributed by atoms with Crippen molar-refractivity contribution < 1.29 is 9.53 Å². The summed E-state index contributed by atoms with van der Waals surface area (Å²) in [5, 5.41) is 0. The van der Waals surface area contributed by atoms with Crippen molar-refractivity contribution in [3.05, 3.63) is 71.8 Å². The predicted molar refractivity (Wildman–Crippen MR) is 119 cm³/mol. The number of piperidine rings is 1. The zero-order valence-corrected chi connectivity index (χ0v) is 17.6. The summed E-state index contributed by atoms with van der Waals surface area (Å²) in [6, 6.07) is 18.2. The van der Waals surface area contributed by atoms with Crippen LogP contribution in [0.25, 0.3) is 6.08 Å². The highest BCUT2D eigenvalue weighted by Crippen LogP contribution is 2.21. The molecule has 1 aliphatic heterocycles. The van der Waals surface area contributed by atoms with E-state index >= 15 is 0 Å². The van der Waals surface area contributed by atoms with Crippen molar-refractivity contribution in [3.63, 3.8) is 0 Å². The second-order valence-corrected chi connectivity index (χ2v) is 7.81. The van der Waals surface area contributed by atoms with Gasteiger partial charge in [-0.1, -0.05) is 48.5 Å². The summed E-state index contributed by atoms with van der Waals surface area (Å²) in [6.07, 6.45) is 6.87. The van der Waals surface area contributed by atoms with Crippen molar-refractivity contribution in [2.24, 2.45) is 5.92 Å². The maximum atomic E-state index is 12.4. The first kappa shape index (κ1) is 21.1. The molecule has 0 aromatic heterocycles. The molecule has 0 radical (unpaired) electrons. The molecule has 3 rings (SSSR count). The summed E-state index contributed by atoms with van der Waals surface area (Å²) in [5.41, 5.74) is 2.32. The van der Waals surface area contributed by atoms with Crippen LogP contribution in [0.3, 0.4) is 0 Å². The summed E-state index contributed by atoms with van der Waals surface area (Å²) in [7, 11) is 3.64. The number of hydrogen-bond acceptors (Lipinski definition) is 3. The number of likely N-dealkylation sites (tertiary alicyclic amines) is 1. The number of benzene rings is 2. The van der Waals surface area contributed by atoms with Gasteiger partial charge in [-0.05, 0) is 61.5 Å². The smallest absolute Gasteiger partial charge is 0.246 e. The SMILES string of the molecule is COc1ccccc1CCN1CCC(CN(C)C(=O)C=Cc2ccccc2)CC1. The standard InChI is InChI=1S/C25H32N2O2/c1-26(25(28)13-12-21-8-4-3-5-9-21)20-22-14-17-27(18-15-22)19-16-23-10-6-7-11-24(23)29-2/h3-13,22H,14-20H2,1-2H3. The zero-order valence-electron chi connectivity index (χ0n) is 17.6. The molecule has 0 spiro atoms. The molecule has 154 valence electrons. The second kappa shape index (κ2) is 10.8. The fourth-order valence-corrected chi connectivity index (χ4v) is 3.92. The average Bonchev–Trinajstić information content (AvgIpc) is 2.77. The molecule has 1 amide bonds. The van der Waals surface area contributed by atoms with E-state index in [0.29, 0.717) is 5.92 Å². The number of hydrogen-bond donors (Lipinski definition) is 0. The molecule has 1 saturated heterocycles. The van der Waals surface area contributed by atoms with E-state index in [1.54, 1.807) is 13.2 Å². The van der Waals surface area contributed by atoms with Gasteiger partial charge in [0.15, 0.2) is 0 Å². The van der Waals surface area contributed by atoms with E-state index in [2.05, 4.69) is 17.0 Å². The molecule has 29 heavy (non-hydrogen) atoms. The third-order valence-electron chi connectivity index (χ3n) is 5.72. The van der Waals surface area contributed by atoms with Crippen LogP contribution in [-0.4, -0.2) is 56.0 Å². The Morgan fingerprint density at radius 3 is 2.52 bits per heavy atom. The molecule has 2 aromatic rings. The van der Waals surface area contributed by atoms with Gasteiger partial charge < -0.3 is 14.5 Å². The number of carbonyl (C=O) groups excluding carboxylic acids is 1. The molecule has 4 heteroatoms. The van der Waals surface area contributed by atoms with Crippen LogP contribution in [0.4, 0.5) is 0 Å². The minimum Gasteiger partial charge on any atom is -0.496 e. The number of methoxy groups -OCH3 is 1. The Morgan fingerprint density at radius 1 is 1.10 bits per heavy atom. The van der Waals surface area contributed by atoms with E-state index < -0.39 is 0 Å². The Balaban J connectivity index is 1.40. The molecule has 2 aromatic carbocycles. The number of para-hydroxylation sites is 1. The lowest BCUT2D eigenvalue weighted by Crippen LogP contribution is -2.39. The van der Waals surface area contributed by atoms with Crippen LogP contribution >= 0.6 is 0 Å². The molecule has 0 saturated carbocycles. The van der Waals surface area contributed by atoms with Gasteiger partial charge in [0.05, 0.1) is 7.11 Å². The molecule has 4 nitrogen and oxygen atoms in total. The second-order valence-electron chi connectivity index (χ2n) is 7.81. The predicted octanol–water partition coefficient (Wildman–Crippen LogP) is 4.12. The number of likely N-dealkylation sites (N-methyl/N-ethyl adjacent to an activating group) is 1. The largest absolute Gasteiger partial charge is 0.496 e. The highest BCUT2D eigenvalue weighted by atomic mass is 16.5. The molecular weight excluding hydrogens is 360 g/mol. The van der Waals surface area contributed by atoms with Crippen LogP contribution in [0.5, 0.6) is 5.75 Å². The maximum absolute atomic E-state index is 12.4. The normalized spacial score (nSPS) is 15.5. The third kappa shape index (κ3) is 6.47. The van der Waals surface area contributed by atoms with Crippen LogP contribution in [-0.2, 0) is 11.2 Å². The molecule has 1 heterocycles. The molecular formula is C25H32N2O2. The van der Waals surface area contributed by atoms with E-state index in [0.717, 1.165) is 56.8 Å². The zero-order chi connectivity index (χ0) is 20.5. The first-order chi connectivity index (χ1) is 14.2. The molecule has 1 fully saturated rings. The van der Waals surface area contributed by atoms with Gasteiger partial charge >= 0.3 is 0 Å². The number of carbonyl (C=O) groups is 1. The Labute approximate surface area is 174 Å². The van der Waals surface area contributed by atoms with Gasteiger partial charge in [0.1, 0.15) is 5.75 Å². The fourth-order valence-electron chi connectivity index (χ4n) is 3.92. The quantitative estimate of drug-likeness (QED) is 0.634. The Morgan fingerprint density at radius 2 is 1.79 bits per heavy atom. The summed E-state index contributed by atoms with van der Waals surface area (Å²) in [4.78, 5) is 16.8. The van der Waals surface area contributed by atoms with Crippen molar-refractivity contribution in [2.45, 2.75) is 19.3 Å². The lowest BCUT2D eigenvalue weighted by atomic mass is 9.96. The monoisotopic (exact) mass is 392 g/mol. The molecule has 0 N–H and O–H groups in total. The lowest BCUT2D eigenvalue weighted by molar-refractivity contribution is -0.125. The maximum Gasteiger partial charge on any atom is 0.246 e.